The van der Waals surface area contributed by atoms with Crippen LogP contribution in [0.5, 0.6) is 0 Å². The number of nitro benzene ring substituents is 1. The van der Waals surface area contributed by atoms with Gasteiger partial charge in [-0.3, -0.25) is 14.9 Å². The summed E-state index contributed by atoms with van der Waals surface area (Å²) < 4.78 is 26.8. The Kier molecular flexibility index (Phi) is 8.02. The van der Waals surface area contributed by atoms with Crippen LogP contribution in [0, 0.1) is 10.1 Å². The van der Waals surface area contributed by atoms with Crippen molar-refractivity contribution in [3.05, 3.63) is 34.4 Å². The number of rotatable bonds is 7. The predicted molar refractivity (Wildman–Crippen MR) is 116 cm³/mol. The molecule has 0 atom stereocenters. The van der Waals surface area contributed by atoms with Crippen LogP contribution in [0.25, 0.3) is 0 Å². The smallest absolute Gasteiger partial charge is 0.315 e. The number of benzene rings is 1. The lowest BCUT2D eigenvalue weighted by atomic mass is 9.96. The quantitative estimate of drug-likeness (QED) is 0.459. The van der Waals surface area contributed by atoms with Crippen LogP contribution in [-0.2, 0) is 14.8 Å². The Morgan fingerprint density at radius 2 is 1.78 bits per heavy atom. The Bertz CT molecular complexity index is 940. The molecular weight excluding hydrogens is 438 g/mol. The fraction of sp³-hybridized carbons (Fsp3) is 0.600. The highest BCUT2D eigenvalue weighted by Gasteiger charge is 2.30. The third kappa shape index (κ3) is 6.16. The molecule has 11 nitrogen and oxygen atoms in total. The number of hydrogen-bond donors (Lipinski definition) is 2. The number of carbonyl (C=O) groups is 2. The molecule has 2 N–H and O–H groups in total. The number of amides is 3. The largest absolute Gasteiger partial charge is 0.340 e. The molecule has 12 heteroatoms. The van der Waals surface area contributed by atoms with Crippen molar-refractivity contribution in [2.24, 2.45) is 0 Å². The molecule has 0 spiro atoms. The van der Waals surface area contributed by atoms with Gasteiger partial charge in [0, 0.05) is 57.3 Å². The molecule has 32 heavy (non-hydrogen) atoms. The molecule has 1 aliphatic carbocycles. The van der Waals surface area contributed by atoms with Crippen molar-refractivity contribution >= 4 is 27.6 Å². The number of sulfonamides is 1. The molecule has 1 heterocycles. The van der Waals surface area contributed by atoms with Crippen molar-refractivity contribution in [3.63, 3.8) is 0 Å². The molecule has 2 aliphatic rings. The van der Waals surface area contributed by atoms with E-state index in [1.165, 1.54) is 28.9 Å². The summed E-state index contributed by atoms with van der Waals surface area (Å²) in [5.41, 5.74) is -0.292. The summed E-state index contributed by atoms with van der Waals surface area (Å²) in [4.78, 5) is 36.1. The summed E-state index contributed by atoms with van der Waals surface area (Å²) in [6.45, 7) is 0.866. The van der Waals surface area contributed by atoms with Crippen LogP contribution in [0.4, 0.5) is 10.5 Å². The highest BCUT2D eigenvalue weighted by molar-refractivity contribution is 7.89. The van der Waals surface area contributed by atoms with Crippen molar-refractivity contribution < 1.29 is 22.9 Å². The van der Waals surface area contributed by atoms with Gasteiger partial charge < -0.3 is 15.5 Å². The summed E-state index contributed by atoms with van der Waals surface area (Å²) in [7, 11) is -3.88. The van der Waals surface area contributed by atoms with Gasteiger partial charge in [0.25, 0.3) is 5.69 Å². The van der Waals surface area contributed by atoms with E-state index in [0.717, 1.165) is 31.7 Å². The Morgan fingerprint density at radius 1 is 1.09 bits per heavy atom. The molecular formula is C20H29N5O6S. The van der Waals surface area contributed by atoms with Gasteiger partial charge in [-0.2, -0.15) is 4.31 Å². The maximum Gasteiger partial charge on any atom is 0.315 e. The fourth-order valence-corrected chi connectivity index (χ4v) is 5.47. The van der Waals surface area contributed by atoms with Crippen molar-refractivity contribution in [2.75, 3.05) is 32.7 Å². The van der Waals surface area contributed by atoms with E-state index >= 15 is 0 Å². The number of piperazine rings is 1. The van der Waals surface area contributed by atoms with Crippen LogP contribution in [0.3, 0.4) is 0 Å². The zero-order valence-corrected chi connectivity index (χ0v) is 18.7. The lowest BCUT2D eigenvalue weighted by molar-refractivity contribution is -0.385. The summed E-state index contributed by atoms with van der Waals surface area (Å²) in [5, 5.41) is 16.6. The Labute approximate surface area is 187 Å². The summed E-state index contributed by atoms with van der Waals surface area (Å²) in [6, 6.07) is 4.86. The standard InChI is InChI=1S/C20H29N5O6S/c26-19(9-10-21-20(27)22-16-5-2-1-3-6-16)23-11-13-24(14-12-23)32(30,31)18-8-4-7-17(15-18)25(28)29/h4,7-8,15-16H,1-3,5-6,9-14H2,(H2,21,22,27). The number of non-ortho nitro benzene ring substituents is 1. The SMILES string of the molecule is O=C(NCCC(=O)N1CCN(S(=O)(=O)c2cccc([N+](=O)[O-])c2)CC1)NC1CCCCC1. The minimum absolute atomic E-state index is 0.104. The second-order valence-corrected chi connectivity index (χ2v) is 9.96. The third-order valence-corrected chi connectivity index (χ3v) is 7.72. The molecule has 3 rings (SSSR count). The molecule has 2 fully saturated rings. The average Bonchev–Trinajstić information content (AvgIpc) is 2.79. The van der Waals surface area contributed by atoms with Crippen molar-refractivity contribution in [3.8, 4) is 0 Å². The van der Waals surface area contributed by atoms with Gasteiger partial charge in [-0.25, -0.2) is 13.2 Å². The summed E-state index contributed by atoms with van der Waals surface area (Å²) in [6.07, 6.45) is 5.54. The Balaban J connectivity index is 1.43. The number of urea groups is 1. The Hall–Kier alpha value is -2.73. The van der Waals surface area contributed by atoms with E-state index in [4.69, 9.17) is 0 Å². The van der Waals surface area contributed by atoms with Crippen molar-refractivity contribution in [1.29, 1.82) is 0 Å². The highest BCUT2D eigenvalue weighted by atomic mass is 32.2. The fourth-order valence-electron chi connectivity index (χ4n) is 4.01. The van der Waals surface area contributed by atoms with Gasteiger partial charge >= 0.3 is 6.03 Å². The zero-order valence-electron chi connectivity index (χ0n) is 17.9. The van der Waals surface area contributed by atoms with Gasteiger partial charge in [-0.15, -0.1) is 0 Å². The second kappa shape index (κ2) is 10.7. The maximum absolute atomic E-state index is 12.8. The number of nitrogens with zero attached hydrogens (tertiary/aromatic N) is 3. The Morgan fingerprint density at radius 3 is 2.44 bits per heavy atom. The van der Waals surface area contributed by atoms with Gasteiger partial charge in [0.2, 0.25) is 15.9 Å². The second-order valence-electron chi connectivity index (χ2n) is 8.02. The van der Waals surface area contributed by atoms with E-state index in [1.54, 1.807) is 4.90 Å². The van der Waals surface area contributed by atoms with Crippen LogP contribution in [0.1, 0.15) is 38.5 Å². The van der Waals surface area contributed by atoms with Crippen LogP contribution >= 0.6 is 0 Å². The van der Waals surface area contributed by atoms with Crippen LogP contribution in [0.2, 0.25) is 0 Å². The first kappa shape index (κ1) is 23.9. The van der Waals surface area contributed by atoms with Gasteiger partial charge in [0.05, 0.1) is 9.82 Å². The summed E-state index contributed by atoms with van der Waals surface area (Å²) in [5.74, 6) is -0.157. The first-order valence-electron chi connectivity index (χ1n) is 10.8. The number of nitrogens with one attached hydrogen (secondary N) is 2. The third-order valence-electron chi connectivity index (χ3n) is 5.82. The maximum atomic E-state index is 12.8. The first-order valence-corrected chi connectivity index (χ1v) is 12.3. The average molecular weight is 468 g/mol. The van der Waals surface area contributed by atoms with Gasteiger partial charge in [0.1, 0.15) is 0 Å². The van der Waals surface area contributed by atoms with Crippen LogP contribution in [0.15, 0.2) is 29.2 Å². The van der Waals surface area contributed by atoms with Crippen LogP contribution < -0.4 is 10.6 Å². The molecule has 1 saturated carbocycles. The normalized spacial score (nSPS) is 18.2. The van der Waals surface area contributed by atoms with E-state index in [-0.39, 0.29) is 67.7 Å². The summed E-state index contributed by atoms with van der Waals surface area (Å²) >= 11 is 0. The molecule has 176 valence electrons. The minimum atomic E-state index is -3.88. The molecule has 0 unspecified atom stereocenters. The van der Waals surface area contributed by atoms with Gasteiger partial charge in [0.15, 0.2) is 0 Å². The monoisotopic (exact) mass is 467 g/mol. The van der Waals surface area contributed by atoms with E-state index in [9.17, 15) is 28.1 Å². The number of carbonyl (C=O) groups excluding carboxylic acids is 2. The van der Waals surface area contributed by atoms with Crippen LogP contribution in [-0.4, -0.2) is 73.3 Å². The zero-order chi connectivity index (χ0) is 23.1. The molecule has 0 aromatic heterocycles. The number of hydrogen-bond acceptors (Lipinski definition) is 6. The van der Waals surface area contributed by atoms with E-state index in [0.29, 0.717) is 0 Å². The molecule has 0 bridgehead atoms. The molecule has 0 radical (unpaired) electrons. The topological polar surface area (TPSA) is 142 Å². The number of nitro groups is 1. The van der Waals surface area contributed by atoms with E-state index in [2.05, 4.69) is 10.6 Å². The van der Waals surface area contributed by atoms with E-state index in [1.807, 2.05) is 0 Å². The highest BCUT2D eigenvalue weighted by Crippen LogP contribution is 2.22. The molecule has 3 amide bonds. The minimum Gasteiger partial charge on any atom is -0.340 e. The lowest BCUT2D eigenvalue weighted by Crippen LogP contribution is -2.51. The van der Waals surface area contributed by atoms with Gasteiger partial charge in [-0.05, 0) is 18.9 Å². The van der Waals surface area contributed by atoms with Gasteiger partial charge in [-0.1, -0.05) is 25.3 Å². The lowest BCUT2D eigenvalue weighted by Gasteiger charge is -2.34. The van der Waals surface area contributed by atoms with Crippen molar-refractivity contribution in [2.45, 2.75) is 49.5 Å². The molecule has 1 aromatic carbocycles. The first-order chi connectivity index (χ1) is 15.3. The van der Waals surface area contributed by atoms with E-state index < -0.39 is 14.9 Å². The molecule has 1 aliphatic heterocycles. The molecule has 1 saturated heterocycles. The predicted octanol–water partition coefficient (Wildman–Crippen LogP) is 1.45. The van der Waals surface area contributed by atoms with Crippen molar-refractivity contribution in [1.82, 2.24) is 19.8 Å². The molecule has 1 aromatic rings.